The number of unbranched alkanes of at least 4 members (excludes halogenated alkanes) is 1. The molecule has 20 heavy (non-hydrogen) atoms. The third-order valence-electron chi connectivity index (χ3n) is 2.67. The highest BCUT2D eigenvalue weighted by atomic mass is 16.6. The van der Waals surface area contributed by atoms with Crippen LogP contribution < -0.4 is 10.1 Å². The van der Waals surface area contributed by atoms with Gasteiger partial charge in [0.2, 0.25) is 5.91 Å². The summed E-state index contributed by atoms with van der Waals surface area (Å²) in [5.74, 6) is 0.224. The van der Waals surface area contributed by atoms with Crippen molar-refractivity contribution < 1.29 is 14.5 Å². The van der Waals surface area contributed by atoms with Crippen LogP contribution in [-0.4, -0.2) is 17.4 Å². The van der Waals surface area contributed by atoms with Crippen LogP contribution in [0.4, 0.5) is 11.4 Å². The van der Waals surface area contributed by atoms with Crippen LogP contribution in [0.25, 0.3) is 0 Å². The van der Waals surface area contributed by atoms with Gasteiger partial charge in [-0.15, -0.1) is 0 Å². The number of hydrogen-bond acceptors (Lipinski definition) is 4. The summed E-state index contributed by atoms with van der Waals surface area (Å²) in [6.45, 7) is 4.44. The number of anilines is 1. The molecular formula is C14H20N2O4. The number of nitro groups is 1. The van der Waals surface area contributed by atoms with Gasteiger partial charge in [0, 0.05) is 6.42 Å². The highest BCUT2D eigenvalue weighted by Crippen LogP contribution is 2.29. The number of hydrogen-bond donors (Lipinski definition) is 1. The summed E-state index contributed by atoms with van der Waals surface area (Å²) in [6, 6.07) is 4.47. The van der Waals surface area contributed by atoms with Gasteiger partial charge in [-0.2, -0.15) is 0 Å². The average molecular weight is 280 g/mol. The second-order valence-corrected chi connectivity index (χ2v) is 4.44. The zero-order valence-electron chi connectivity index (χ0n) is 11.8. The van der Waals surface area contributed by atoms with Crippen LogP contribution in [0, 0.1) is 10.1 Å². The minimum Gasteiger partial charge on any atom is -0.493 e. The molecule has 0 atom stereocenters. The second-order valence-electron chi connectivity index (χ2n) is 4.44. The van der Waals surface area contributed by atoms with Crippen LogP contribution in [0.1, 0.15) is 39.5 Å². The highest BCUT2D eigenvalue weighted by Gasteiger charge is 2.17. The van der Waals surface area contributed by atoms with Gasteiger partial charge in [-0.05, 0) is 25.0 Å². The molecule has 1 amide bonds. The van der Waals surface area contributed by atoms with E-state index in [4.69, 9.17) is 4.74 Å². The lowest BCUT2D eigenvalue weighted by atomic mass is 10.2. The van der Waals surface area contributed by atoms with Crippen LogP contribution >= 0.6 is 0 Å². The molecule has 0 saturated heterocycles. The molecule has 0 fully saturated rings. The van der Waals surface area contributed by atoms with Crippen molar-refractivity contribution in [2.75, 3.05) is 11.9 Å². The molecule has 0 aromatic heterocycles. The van der Waals surface area contributed by atoms with Crippen molar-refractivity contribution in [1.82, 2.24) is 0 Å². The van der Waals surface area contributed by atoms with Crippen molar-refractivity contribution in [3.05, 3.63) is 28.3 Å². The van der Waals surface area contributed by atoms with Gasteiger partial charge in [0.05, 0.1) is 17.6 Å². The highest BCUT2D eigenvalue weighted by molar-refractivity contribution is 5.93. The first-order valence-electron chi connectivity index (χ1n) is 6.79. The fourth-order valence-corrected chi connectivity index (χ4v) is 1.63. The molecular weight excluding hydrogens is 260 g/mol. The molecule has 1 N–H and O–H groups in total. The Morgan fingerprint density at radius 1 is 1.35 bits per heavy atom. The zero-order chi connectivity index (χ0) is 15.0. The van der Waals surface area contributed by atoms with Crippen molar-refractivity contribution >= 4 is 17.3 Å². The standard InChI is InChI=1S/C14H20N2O4/c1-3-5-6-14(17)15-12-8-7-11(20-9-4-2)10-13(12)16(18)19/h7-8,10H,3-6,9H2,1-2H3,(H,15,17). The lowest BCUT2D eigenvalue weighted by Gasteiger charge is -2.08. The van der Waals surface area contributed by atoms with E-state index in [0.29, 0.717) is 18.8 Å². The van der Waals surface area contributed by atoms with E-state index in [9.17, 15) is 14.9 Å². The van der Waals surface area contributed by atoms with Crippen LogP contribution in [0.2, 0.25) is 0 Å². The SMILES string of the molecule is CCCCC(=O)Nc1ccc(OCCC)cc1[N+](=O)[O-]. The van der Waals surface area contributed by atoms with Crippen molar-refractivity contribution in [2.24, 2.45) is 0 Å². The molecule has 0 aliphatic rings. The first kappa shape index (κ1) is 15.9. The second kappa shape index (κ2) is 8.14. The molecule has 0 radical (unpaired) electrons. The first-order chi connectivity index (χ1) is 9.58. The van der Waals surface area contributed by atoms with Gasteiger partial charge < -0.3 is 10.1 Å². The monoisotopic (exact) mass is 280 g/mol. The van der Waals surface area contributed by atoms with Crippen molar-refractivity contribution in [2.45, 2.75) is 39.5 Å². The zero-order valence-corrected chi connectivity index (χ0v) is 11.8. The summed E-state index contributed by atoms with van der Waals surface area (Å²) < 4.78 is 5.35. The molecule has 1 aromatic rings. The van der Waals surface area contributed by atoms with E-state index in [-0.39, 0.29) is 17.3 Å². The summed E-state index contributed by atoms with van der Waals surface area (Å²) in [4.78, 5) is 22.2. The Hall–Kier alpha value is -2.11. The summed E-state index contributed by atoms with van der Waals surface area (Å²) in [6.07, 6.45) is 2.85. The maximum absolute atomic E-state index is 11.6. The lowest BCUT2D eigenvalue weighted by molar-refractivity contribution is -0.384. The predicted molar refractivity (Wildman–Crippen MR) is 77.0 cm³/mol. The maximum Gasteiger partial charge on any atom is 0.296 e. The molecule has 0 heterocycles. The summed E-state index contributed by atoms with van der Waals surface area (Å²) >= 11 is 0. The van der Waals surface area contributed by atoms with Crippen LogP contribution in [0.15, 0.2) is 18.2 Å². The first-order valence-corrected chi connectivity index (χ1v) is 6.79. The third kappa shape index (κ3) is 4.87. The Labute approximate surface area is 118 Å². The Bertz CT molecular complexity index is 474. The van der Waals surface area contributed by atoms with Gasteiger partial charge in [0.15, 0.2) is 0 Å². The minimum atomic E-state index is -0.520. The van der Waals surface area contributed by atoms with E-state index in [1.807, 2.05) is 13.8 Å². The molecule has 1 aromatic carbocycles. The Kier molecular flexibility index (Phi) is 6.49. The van der Waals surface area contributed by atoms with Crippen LogP contribution in [-0.2, 0) is 4.79 Å². The normalized spacial score (nSPS) is 10.1. The van der Waals surface area contributed by atoms with Crippen molar-refractivity contribution in [3.63, 3.8) is 0 Å². The molecule has 0 aliphatic heterocycles. The van der Waals surface area contributed by atoms with E-state index >= 15 is 0 Å². The van der Waals surface area contributed by atoms with E-state index in [2.05, 4.69) is 5.32 Å². The summed E-state index contributed by atoms with van der Waals surface area (Å²) in [5, 5.41) is 13.6. The number of nitrogens with zero attached hydrogens (tertiary/aromatic N) is 1. The number of benzene rings is 1. The van der Waals surface area contributed by atoms with Gasteiger partial charge in [-0.3, -0.25) is 14.9 Å². The molecule has 0 aliphatic carbocycles. The van der Waals surface area contributed by atoms with E-state index < -0.39 is 4.92 Å². The molecule has 6 nitrogen and oxygen atoms in total. The van der Waals surface area contributed by atoms with E-state index in [0.717, 1.165) is 19.3 Å². The summed E-state index contributed by atoms with van der Waals surface area (Å²) in [7, 11) is 0. The van der Waals surface area contributed by atoms with Gasteiger partial charge in [-0.25, -0.2) is 0 Å². The smallest absolute Gasteiger partial charge is 0.296 e. The van der Waals surface area contributed by atoms with Crippen LogP contribution in [0.3, 0.4) is 0 Å². The van der Waals surface area contributed by atoms with Gasteiger partial charge in [0.25, 0.3) is 5.69 Å². The van der Waals surface area contributed by atoms with Crippen LogP contribution in [0.5, 0.6) is 5.75 Å². The fourth-order valence-electron chi connectivity index (χ4n) is 1.63. The number of nitrogens with one attached hydrogen (secondary N) is 1. The number of ether oxygens (including phenoxy) is 1. The quantitative estimate of drug-likeness (QED) is 0.583. The Morgan fingerprint density at radius 2 is 2.10 bits per heavy atom. The largest absolute Gasteiger partial charge is 0.493 e. The van der Waals surface area contributed by atoms with Gasteiger partial charge in [-0.1, -0.05) is 20.3 Å². The number of rotatable bonds is 8. The molecule has 0 unspecified atom stereocenters. The molecule has 1 rings (SSSR count). The molecule has 6 heteroatoms. The lowest BCUT2D eigenvalue weighted by Crippen LogP contribution is -2.12. The molecule has 110 valence electrons. The molecule has 0 bridgehead atoms. The fraction of sp³-hybridized carbons (Fsp3) is 0.500. The molecule has 0 saturated carbocycles. The number of carbonyl (C=O) groups excluding carboxylic acids is 1. The molecule has 0 spiro atoms. The predicted octanol–water partition coefficient (Wildman–Crippen LogP) is 3.51. The third-order valence-corrected chi connectivity index (χ3v) is 2.67. The number of amides is 1. The maximum atomic E-state index is 11.6. The van der Waals surface area contributed by atoms with Gasteiger partial charge in [0.1, 0.15) is 11.4 Å². The minimum absolute atomic E-state index is 0.150. The van der Waals surface area contributed by atoms with E-state index in [1.165, 1.54) is 12.1 Å². The van der Waals surface area contributed by atoms with E-state index in [1.54, 1.807) is 6.07 Å². The van der Waals surface area contributed by atoms with Gasteiger partial charge >= 0.3 is 0 Å². The Morgan fingerprint density at radius 3 is 2.70 bits per heavy atom. The average Bonchev–Trinajstić information content (AvgIpc) is 2.43. The Balaban J connectivity index is 2.84. The van der Waals surface area contributed by atoms with Crippen molar-refractivity contribution in [3.8, 4) is 5.75 Å². The summed E-state index contributed by atoms with van der Waals surface area (Å²) in [5.41, 5.74) is 0.0587. The topological polar surface area (TPSA) is 81.5 Å². The number of nitro benzene ring substituents is 1. The number of carbonyl (C=O) groups is 1. The van der Waals surface area contributed by atoms with Crippen molar-refractivity contribution in [1.29, 1.82) is 0 Å².